The van der Waals surface area contributed by atoms with E-state index in [0.29, 0.717) is 5.69 Å². The molecule has 5 nitrogen and oxygen atoms in total. The Morgan fingerprint density at radius 3 is 2.00 bits per heavy atom. The van der Waals surface area contributed by atoms with Crippen LogP contribution in [-0.2, 0) is 9.59 Å². The lowest BCUT2D eigenvalue weighted by molar-refractivity contribution is -0.138. The van der Waals surface area contributed by atoms with E-state index in [1.54, 1.807) is 0 Å². The number of hydrazine groups is 1. The lowest BCUT2D eigenvalue weighted by Gasteiger charge is -2.28. The van der Waals surface area contributed by atoms with Crippen molar-refractivity contribution in [3.05, 3.63) is 40.8 Å². The van der Waals surface area contributed by atoms with Gasteiger partial charge in [-0.2, -0.15) is 0 Å². The summed E-state index contributed by atoms with van der Waals surface area (Å²) in [5.41, 5.74) is 11.3. The first-order chi connectivity index (χ1) is 10.1. The third-order valence-corrected chi connectivity index (χ3v) is 4.09. The third-order valence-electron chi connectivity index (χ3n) is 4.09. The number of hydrogen-bond donors (Lipinski definition) is 3. The summed E-state index contributed by atoms with van der Waals surface area (Å²) in [7, 11) is 0. The smallest absolute Gasteiger partial charge is 0.246 e. The van der Waals surface area contributed by atoms with Gasteiger partial charge in [0.1, 0.15) is 0 Å². The Balaban J connectivity index is 2.00. The average molecular weight is 279 g/mol. The quantitative estimate of drug-likeness (QED) is 0.563. The molecule has 1 heterocycles. The number of rotatable bonds is 0. The Bertz CT molecular complexity index is 917. The second-order valence-corrected chi connectivity index (χ2v) is 5.45. The van der Waals surface area contributed by atoms with E-state index in [2.05, 4.69) is 10.9 Å². The van der Waals surface area contributed by atoms with Crippen molar-refractivity contribution in [3.63, 3.8) is 0 Å². The summed E-state index contributed by atoms with van der Waals surface area (Å²) < 4.78 is 0. The van der Waals surface area contributed by atoms with Crippen LogP contribution in [0.25, 0.3) is 22.9 Å². The molecule has 1 fully saturated rings. The van der Waals surface area contributed by atoms with Crippen LogP contribution in [0.3, 0.4) is 0 Å². The molecule has 5 heteroatoms. The third kappa shape index (κ3) is 1.78. The van der Waals surface area contributed by atoms with Crippen molar-refractivity contribution in [2.24, 2.45) is 11.8 Å². The molecule has 4 N–H and O–H groups in total. The van der Waals surface area contributed by atoms with E-state index in [4.69, 9.17) is 5.73 Å². The Hall–Kier alpha value is -2.82. The maximum absolute atomic E-state index is 11.9. The number of amides is 2. The fourth-order valence-corrected chi connectivity index (χ4v) is 3.00. The molecule has 1 aliphatic heterocycles. The molecule has 0 saturated carbocycles. The van der Waals surface area contributed by atoms with Crippen LogP contribution in [0.5, 0.6) is 0 Å². The van der Waals surface area contributed by atoms with E-state index in [9.17, 15) is 9.59 Å². The number of nitrogens with one attached hydrogen (secondary N) is 2. The highest BCUT2D eigenvalue weighted by Gasteiger charge is 2.36. The maximum Gasteiger partial charge on any atom is 0.246 e. The Labute approximate surface area is 120 Å². The molecule has 2 aliphatic rings. The van der Waals surface area contributed by atoms with E-state index >= 15 is 0 Å². The molecule has 2 aromatic carbocycles. The first-order valence-corrected chi connectivity index (χ1v) is 6.74. The Morgan fingerprint density at radius 2 is 1.38 bits per heavy atom. The van der Waals surface area contributed by atoms with Crippen LogP contribution in [0, 0.1) is 11.8 Å². The molecule has 2 atom stereocenters. The summed E-state index contributed by atoms with van der Waals surface area (Å²) >= 11 is 0. The van der Waals surface area contributed by atoms with Gasteiger partial charge in [-0.25, -0.2) is 0 Å². The molecule has 2 amide bonds. The van der Waals surface area contributed by atoms with Crippen LogP contribution in [0.1, 0.15) is 0 Å². The largest absolute Gasteiger partial charge is 0.399 e. The Kier molecular flexibility index (Phi) is 2.33. The molecule has 2 unspecified atom stereocenters. The van der Waals surface area contributed by atoms with Gasteiger partial charge in [-0.1, -0.05) is 18.2 Å². The summed E-state index contributed by atoms with van der Waals surface area (Å²) in [5, 5.41) is 4.02. The molecule has 21 heavy (non-hydrogen) atoms. The summed E-state index contributed by atoms with van der Waals surface area (Å²) in [6.45, 7) is 0. The van der Waals surface area contributed by atoms with Gasteiger partial charge in [0.2, 0.25) is 11.8 Å². The highest BCUT2D eigenvalue weighted by atomic mass is 16.2. The van der Waals surface area contributed by atoms with Gasteiger partial charge >= 0.3 is 0 Å². The SMILES string of the molecule is Nc1ccc2cc3c(cc2c1)=CC1C(=O)NNC(=O)C1C=3. The standard InChI is InChI=1S/C16H13N3O2/c17-12-2-1-8-3-10-6-13-14(16(21)19-18-15(13)20)7-11(10)4-9(8)5-12/h1-7,13-14H,17H2,(H,18,20)(H,19,21). The van der Waals surface area contributed by atoms with Crippen molar-refractivity contribution in [1.82, 2.24) is 10.9 Å². The number of anilines is 1. The van der Waals surface area contributed by atoms with Crippen LogP contribution in [0.15, 0.2) is 30.3 Å². The normalized spacial score (nSPS) is 23.2. The number of nitrogen functional groups attached to an aromatic ring is 1. The zero-order valence-corrected chi connectivity index (χ0v) is 11.1. The Morgan fingerprint density at radius 1 is 0.810 bits per heavy atom. The van der Waals surface area contributed by atoms with Gasteiger partial charge in [0, 0.05) is 5.69 Å². The highest BCUT2D eigenvalue weighted by Crippen LogP contribution is 2.21. The van der Waals surface area contributed by atoms with Crippen LogP contribution in [0.2, 0.25) is 0 Å². The molecular weight excluding hydrogens is 266 g/mol. The van der Waals surface area contributed by atoms with Crippen molar-refractivity contribution in [2.45, 2.75) is 0 Å². The summed E-state index contributed by atoms with van der Waals surface area (Å²) in [6, 6.07) is 9.75. The van der Waals surface area contributed by atoms with Crippen molar-refractivity contribution < 1.29 is 9.59 Å². The minimum Gasteiger partial charge on any atom is -0.399 e. The molecular formula is C16H13N3O2. The molecule has 4 rings (SSSR count). The average Bonchev–Trinajstić information content (AvgIpc) is 2.48. The van der Waals surface area contributed by atoms with E-state index in [1.165, 1.54) is 0 Å². The van der Waals surface area contributed by atoms with Crippen molar-refractivity contribution in [2.75, 3.05) is 5.73 Å². The molecule has 0 radical (unpaired) electrons. The van der Waals surface area contributed by atoms with Crippen molar-refractivity contribution in [3.8, 4) is 0 Å². The molecule has 1 aliphatic carbocycles. The van der Waals surface area contributed by atoms with E-state index < -0.39 is 11.8 Å². The number of fused-ring (bicyclic) bond motifs is 3. The molecule has 2 aromatic rings. The van der Waals surface area contributed by atoms with Gasteiger partial charge in [-0.3, -0.25) is 20.4 Å². The second kappa shape index (κ2) is 4.09. The van der Waals surface area contributed by atoms with Crippen LogP contribution in [-0.4, -0.2) is 11.8 Å². The maximum atomic E-state index is 11.9. The van der Waals surface area contributed by atoms with Crippen molar-refractivity contribution in [1.29, 1.82) is 0 Å². The van der Waals surface area contributed by atoms with Gasteiger partial charge in [0.25, 0.3) is 0 Å². The minimum atomic E-state index is -0.454. The van der Waals surface area contributed by atoms with Crippen LogP contribution >= 0.6 is 0 Å². The molecule has 0 bridgehead atoms. The van der Waals surface area contributed by atoms with Gasteiger partial charge in [0.15, 0.2) is 0 Å². The number of hydrogen-bond acceptors (Lipinski definition) is 3. The second-order valence-electron chi connectivity index (χ2n) is 5.45. The van der Waals surface area contributed by atoms with Gasteiger partial charge in [-0.15, -0.1) is 0 Å². The summed E-state index contributed by atoms with van der Waals surface area (Å²) in [4.78, 5) is 23.8. The first-order valence-electron chi connectivity index (χ1n) is 6.74. The monoisotopic (exact) mass is 279 g/mol. The first kappa shape index (κ1) is 12.0. The van der Waals surface area contributed by atoms with Crippen LogP contribution in [0.4, 0.5) is 5.69 Å². The van der Waals surface area contributed by atoms with Crippen LogP contribution < -0.4 is 27.0 Å². The molecule has 0 aromatic heterocycles. The predicted molar refractivity (Wildman–Crippen MR) is 79.8 cm³/mol. The topological polar surface area (TPSA) is 84.2 Å². The highest BCUT2D eigenvalue weighted by molar-refractivity contribution is 6.00. The summed E-state index contributed by atoms with van der Waals surface area (Å²) in [5.74, 6) is -1.27. The number of carbonyl (C=O) groups excluding carboxylic acids is 2. The number of benzene rings is 2. The molecule has 1 saturated heterocycles. The lowest BCUT2D eigenvalue weighted by atomic mass is 9.84. The predicted octanol–water partition coefficient (Wildman–Crippen LogP) is -0.610. The summed E-state index contributed by atoms with van der Waals surface area (Å²) in [6.07, 6.45) is 3.72. The zero-order valence-electron chi connectivity index (χ0n) is 11.1. The number of carbonyl (C=O) groups is 2. The minimum absolute atomic E-state index is 0.182. The van der Waals surface area contributed by atoms with Gasteiger partial charge in [0.05, 0.1) is 11.8 Å². The fourth-order valence-electron chi connectivity index (χ4n) is 3.00. The zero-order chi connectivity index (χ0) is 14.6. The van der Waals surface area contributed by atoms with Crippen molar-refractivity contribution >= 4 is 40.4 Å². The van der Waals surface area contributed by atoms with Gasteiger partial charge in [-0.05, 0) is 45.5 Å². The fraction of sp³-hybridized carbons (Fsp3) is 0.125. The molecule has 0 spiro atoms. The van der Waals surface area contributed by atoms with E-state index in [-0.39, 0.29) is 11.8 Å². The van der Waals surface area contributed by atoms with E-state index in [1.807, 2.05) is 42.5 Å². The van der Waals surface area contributed by atoms with E-state index in [0.717, 1.165) is 21.2 Å². The lowest BCUT2D eigenvalue weighted by Crippen LogP contribution is -2.57. The number of nitrogens with two attached hydrogens (primary N) is 1. The van der Waals surface area contributed by atoms with Gasteiger partial charge < -0.3 is 5.73 Å². The molecule has 104 valence electrons.